The van der Waals surface area contributed by atoms with Gasteiger partial charge in [-0.2, -0.15) is 0 Å². The Bertz CT molecular complexity index is 997. The van der Waals surface area contributed by atoms with Crippen LogP contribution in [0.5, 0.6) is 17.4 Å². The fourth-order valence-corrected chi connectivity index (χ4v) is 4.64. The van der Waals surface area contributed by atoms with E-state index < -0.39 is 5.60 Å². The van der Waals surface area contributed by atoms with Crippen molar-refractivity contribution in [3.05, 3.63) is 28.6 Å². The Labute approximate surface area is 173 Å². The molecule has 1 aliphatic rings. The summed E-state index contributed by atoms with van der Waals surface area (Å²) in [6.07, 6.45) is 3.19. The largest absolute Gasteiger partial charge is 0.496 e. The van der Waals surface area contributed by atoms with Gasteiger partial charge in [0.1, 0.15) is 16.3 Å². The van der Waals surface area contributed by atoms with Gasteiger partial charge in [0.25, 0.3) is 0 Å². The number of hydrogen-bond acceptors (Lipinski definition) is 7. The molecule has 1 aliphatic carbocycles. The first kappa shape index (κ1) is 20.0. The fourth-order valence-electron chi connectivity index (χ4n) is 3.63. The Morgan fingerprint density at radius 2 is 1.79 bits per heavy atom. The molecule has 7 nitrogen and oxygen atoms in total. The molecule has 0 spiro atoms. The molecule has 1 saturated carbocycles. The molecule has 1 aromatic carbocycles. The predicted molar refractivity (Wildman–Crippen MR) is 111 cm³/mol. The molecule has 0 saturated heterocycles. The SMILES string of the molecule is COCc1cc(OC)c(-c2csc3c(CCC4(O)CC4)c(OC)nn23)c(OC)c1. The van der Waals surface area contributed by atoms with Crippen LogP contribution in [0, 0.1) is 0 Å². The van der Waals surface area contributed by atoms with Crippen LogP contribution in [0.1, 0.15) is 30.4 Å². The van der Waals surface area contributed by atoms with E-state index in [9.17, 15) is 5.11 Å². The lowest BCUT2D eigenvalue weighted by molar-refractivity contribution is 0.140. The van der Waals surface area contributed by atoms with Crippen LogP contribution < -0.4 is 14.2 Å². The zero-order chi connectivity index (χ0) is 20.6. The maximum atomic E-state index is 10.2. The molecule has 3 aromatic rings. The number of thiazole rings is 1. The van der Waals surface area contributed by atoms with E-state index in [1.807, 2.05) is 22.0 Å². The Balaban J connectivity index is 1.81. The molecule has 0 unspecified atom stereocenters. The first-order valence-corrected chi connectivity index (χ1v) is 10.4. The first-order chi connectivity index (χ1) is 14.0. The van der Waals surface area contributed by atoms with Gasteiger partial charge in [-0.15, -0.1) is 16.4 Å². The number of hydrogen-bond donors (Lipinski definition) is 1. The molecular weight excluding hydrogens is 392 g/mol. The molecule has 8 heteroatoms. The number of ether oxygens (including phenoxy) is 4. The summed E-state index contributed by atoms with van der Waals surface area (Å²) in [5.74, 6) is 1.98. The van der Waals surface area contributed by atoms with Crippen LogP contribution >= 0.6 is 11.3 Å². The Morgan fingerprint density at radius 1 is 1.10 bits per heavy atom. The van der Waals surface area contributed by atoms with Gasteiger partial charge in [-0.1, -0.05) is 0 Å². The second-order valence-electron chi connectivity index (χ2n) is 7.36. The number of methoxy groups -OCH3 is 4. The van der Waals surface area contributed by atoms with E-state index in [0.717, 1.165) is 52.9 Å². The average molecular weight is 419 g/mol. The van der Waals surface area contributed by atoms with Gasteiger partial charge in [0, 0.05) is 12.5 Å². The Morgan fingerprint density at radius 3 is 2.34 bits per heavy atom. The third kappa shape index (κ3) is 3.68. The highest BCUT2D eigenvalue weighted by atomic mass is 32.1. The normalized spacial score (nSPS) is 14.9. The first-order valence-electron chi connectivity index (χ1n) is 9.53. The second kappa shape index (κ2) is 7.85. The summed E-state index contributed by atoms with van der Waals surface area (Å²) in [6, 6.07) is 3.91. The molecule has 0 aliphatic heterocycles. The highest BCUT2D eigenvalue weighted by molar-refractivity contribution is 7.16. The Kier molecular flexibility index (Phi) is 5.42. The third-order valence-corrected chi connectivity index (χ3v) is 6.39. The number of aliphatic hydroxyl groups is 1. The van der Waals surface area contributed by atoms with Gasteiger partial charge >= 0.3 is 0 Å². The minimum Gasteiger partial charge on any atom is -0.496 e. The quantitative estimate of drug-likeness (QED) is 0.571. The third-order valence-electron chi connectivity index (χ3n) is 5.40. The van der Waals surface area contributed by atoms with Crippen molar-refractivity contribution in [1.29, 1.82) is 0 Å². The smallest absolute Gasteiger partial charge is 0.237 e. The lowest BCUT2D eigenvalue weighted by atomic mass is 10.1. The van der Waals surface area contributed by atoms with E-state index in [4.69, 9.17) is 18.9 Å². The zero-order valence-corrected chi connectivity index (χ0v) is 18.0. The van der Waals surface area contributed by atoms with Gasteiger partial charge in [0.15, 0.2) is 0 Å². The molecule has 1 N–H and O–H groups in total. The zero-order valence-electron chi connectivity index (χ0n) is 17.2. The number of nitrogens with zero attached hydrogens (tertiary/aromatic N) is 2. The minimum atomic E-state index is -0.511. The molecule has 2 aromatic heterocycles. The number of benzene rings is 1. The summed E-state index contributed by atoms with van der Waals surface area (Å²) < 4.78 is 24.0. The number of fused-ring (bicyclic) bond motifs is 1. The van der Waals surface area contributed by atoms with Gasteiger partial charge in [0.2, 0.25) is 5.88 Å². The van der Waals surface area contributed by atoms with Crippen LogP contribution in [0.25, 0.3) is 16.1 Å². The highest BCUT2D eigenvalue weighted by Gasteiger charge is 2.40. The summed E-state index contributed by atoms with van der Waals surface area (Å²) in [5.41, 5.74) is 3.19. The lowest BCUT2D eigenvalue weighted by Gasteiger charge is -2.14. The molecular formula is C21H26N2O5S. The summed E-state index contributed by atoms with van der Waals surface area (Å²) >= 11 is 1.60. The number of rotatable bonds is 9. The van der Waals surface area contributed by atoms with Gasteiger partial charge < -0.3 is 24.1 Å². The monoisotopic (exact) mass is 418 g/mol. The van der Waals surface area contributed by atoms with Crippen molar-refractivity contribution in [2.45, 2.75) is 37.9 Å². The van der Waals surface area contributed by atoms with Crippen molar-refractivity contribution in [2.75, 3.05) is 28.4 Å². The van der Waals surface area contributed by atoms with E-state index in [1.165, 1.54) is 0 Å². The van der Waals surface area contributed by atoms with Crippen LogP contribution in [-0.2, 0) is 17.8 Å². The number of aryl methyl sites for hydroxylation is 1. The second-order valence-corrected chi connectivity index (χ2v) is 8.22. The molecule has 0 bridgehead atoms. The van der Waals surface area contributed by atoms with Crippen molar-refractivity contribution < 1.29 is 24.1 Å². The lowest BCUT2D eigenvalue weighted by Crippen LogP contribution is -2.07. The highest BCUT2D eigenvalue weighted by Crippen LogP contribution is 2.44. The summed E-state index contributed by atoms with van der Waals surface area (Å²) in [6.45, 7) is 0.467. The van der Waals surface area contributed by atoms with Crippen LogP contribution in [-0.4, -0.2) is 48.8 Å². The van der Waals surface area contributed by atoms with E-state index in [1.54, 1.807) is 39.8 Å². The molecule has 0 radical (unpaired) electrons. The van der Waals surface area contributed by atoms with Crippen LogP contribution in [0.3, 0.4) is 0 Å². The summed E-state index contributed by atoms with van der Waals surface area (Å²) in [5, 5.41) is 17.0. The van der Waals surface area contributed by atoms with Crippen molar-refractivity contribution in [3.63, 3.8) is 0 Å². The predicted octanol–water partition coefficient (Wildman–Crippen LogP) is 3.69. The van der Waals surface area contributed by atoms with Crippen LogP contribution in [0.4, 0.5) is 0 Å². The minimum absolute atomic E-state index is 0.467. The van der Waals surface area contributed by atoms with E-state index >= 15 is 0 Å². The molecule has 156 valence electrons. The molecule has 1 fully saturated rings. The Hall–Kier alpha value is -2.29. The average Bonchev–Trinajstić information content (AvgIpc) is 3.18. The maximum absolute atomic E-state index is 10.2. The van der Waals surface area contributed by atoms with Gasteiger partial charge in [-0.3, -0.25) is 0 Å². The molecule has 0 atom stereocenters. The van der Waals surface area contributed by atoms with E-state index in [0.29, 0.717) is 24.0 Å². The van der Waals surface area contributed by atoms with Crippen molar-refractivity contribution in [3.8, 4) is 28.6 Å². The van der Waals surface area contributed by atoms with Crippen molar-refractivity contribution in [1.82, 2.24) is 9.61 Å². The van der Waals surface area contributed by atoms with Gasteiger partial charge in [0.05, 0.1) is 50.4 Å². The van der Waals surface area contributed by atoms with E-state index in [2.05, 4.69) is 5.10 Å². The molecule has 0 amide bonds. The number of aromatic nitrogens is 2. The van der Waals surface area contributed by atoms with Crippen molar-refractivity contribution >= 4 is 16.2 Å². The fraction of sp³-hybridized carbons (Fsp3) is 0.476. The topological polar surface area (TPSA) is 74.5 Å². The molecule has 4 rings (SSSR count). The van der Waals surface area contributed by atoms with Gasteiger partial charge in [-0.25, -0.2) is 4.52 Å². The van der Waals surface area contributed by atoms with Crippen LogP contribution in [0.15, 0.2) is 17.5 Å². The molecule has 2 heterocycles. The summed E-state index contributed by atoms with van der Waals surface area (Å²) in [7, 11) is 6.57. The standard InChI is InChI=1S/C21H26N2O5S/c1-25-11-13-9-16(26-2)18(17(10-13)27-3)15-12-29-20-14(5-6-21(24)7-8-21)19(28-4)22-23(15)20/h9-10,12,24H,5-8,11H2,1-4H3. The van der Waals surface area contributed by atoms with Crippen molar-refractivity contribution in [2.24, 2.45) is 0 Å². The molecule has 29 heavy (non-hydrogen) atoms. The maximum Gasteiger partial charge on any atom is 0.237 e. The van der Waals surface area contributed by atoms with Gasteiger partial charge in [-0.05, 0) is 43.4 Å². The van der Waals surface area contributed by atoms with E-state index in [-0.39, 0.29) is 0 Å². The summed E-state index contributed by atoms with van der Waals surface area (Å²) in [4.78, 5) is 1.01. The van der Waals surface area contributed by atoms with Crippen LogP contribution in [0.2, 0.25) is 0 Å².